The Bertz CT molecular complexity index is 628. The zero-order valence-corrected chi connectivity index (χ0v) is 11.8. The second-order valence-electron chi connectivity index (χ2n) is 5.13. The van der Waals surface area contributed by atoms with E-state index in [1.165, 1.54) is 0 Å². The maximum absolute atomic E-state index is 12.0. The summed E-state index contributed by atoms with van der Waals surface area (Å²) in [5.74, 6) is -2.93. The molecule has 2 atom stereocenters. The van der Waals surface area contributed by atoms with Crippen molar-refractivity contribution in [1.29, 1.82) is 0 Å². The van der Waals surface area contributed by atoms with E-state index in [1.807, 2.05) is 60.7 Å². The summed E-state index contributed by atoms with van der Waals surface area (Å²) >= 11 is 0. The van der Waals surface area contributed by atoms with E-state index < -0.39 is 17.9 Å². The van der Waals surface area contributed by atoms with Gasteiger partial charge in [-0.25, -0.2) is 9.68 Å². The third kappa shape index (κ3) is 3.17. The highest BCUT2D eigenvalue weighted by atomic mass is 17.2. The highest BCUT2D eigenvalue weighted by molar-refractivity contribution is 5.77. The summed E-state index contributed by atoms with van der Waals surface area (Å²) in [6.45, 7) is 0.0708. The van der Waals surface area contributed by atoms with Gasteiger partial charge in [0, 0.05) is 6.42 Å². The van der Waals surface area contributed by atoms with Crippen LogP contribution in [0.1, 0.15) is 23.7 Å². The Morgan fingerprint density at radius 2 is 1.77 bits per heavy atom. The summed E-state index contributed by atoms with van der Waals surface area (Å²) in [5.41, 5.74) is 1.66. The second-order valence-corrected chi connectivity index (χ2v) is 5.13. The topological polar surface area (TPSA) is 65.0 Å². The normalized spacial score (nSPS) is 24.1. The number of benzene rings is 2. The lowest BCUT2D eigenvalue weighted by atomic mass is 10.0. The molecule has 22 heavy (non-hydrogen) atoms. The van der Waals surface area contributed by atoms with E-state index in [0.29, 0.717) is 0 Å². The zero-order chi connectivity index (χ0) is 15.4. The minimum atomic E-state index is -2.07. The van der Waals surface area contributed by atoms with Crippen molar-refractivity contribution in [2.45, 2.75) is 24.9 Å². The van der Waals surface area contributed by atoms with Gasteiger partial charge in [-0.1, -0.05) is 60.7 Å². The van der Waals surface area contributed by atoms with Crippen LogP contribution in [0.5, 0.6) is 0 Å². The molecule has 1 N–H and O–H groups in total. The van der Waals surface area contributed by atoms with Crippen LogP contribution in [0, 0.1) is 0 Å². The maximum Gasteiger partial charge on any atom is 0.370 e. The van der Waals surface area contributed by atoms with Crippen LogP contribution in [0.3, 0.4) is 0 Å². The number of carbonyl (C=O) groups is 1. The Balaban J connectivity index is 1.61. The highest BCUT2D eigenvalue weighted by Crippen LogP contribution is 2.37. The largest absolute Gasteiger partial charge is 0.457 e. The van der Waals surface area contributed by atoms with Crippen LogP contribution in [0.2, 0.25) is 0 Å². The monoisotopic (exact) mass is 300 g/mol. The van der Waals surface area contributed by atoms with Crippen molar-refractivity contribution in [2.24, 2.45) is 0 Å². The number of esters is 1. The minimum Gasteiger partial charge on any atom is -0.457 e. The van der Waals surface area contributed by atoms with Crippen molar-refractivity contribution in [3.8, 4) is 0 Å². The van der Waals surface area contributed by atoms with Crippen molar-refractivity contribution >= 4 is 5.97 Å². The molecule has 1 aliphatic heterocycles. The Morgan fingerprint density at radius 3 is 2.45 bits per heavy atom. The molecule has 1 saturated heterocycles. The summed E-state index contributed by atoms with van der Waals surface area (Å²) in [6.07, 6.45) is -0.513. The Hall–Kier alpha value is -2.21. The van der Waals surface area contributed by atoms with Crippen LogP contribution >= 0.6 is 0 Å². The molecule has 0 amide bonds. The fraction of sp³-hybridized carbons (Fsp3) is 0.235. The van der Waals surface area contributed by atoms with Gasteiger partial charge < -0.3 is 9.84 Å². The number of ether oxygens (including phenoxy) is 1. The first-order valence-electron chi connectivity index (χ1n) is 7.00. The molecule has 2 aromatic carbocycles. The number of hydrogen-bond donors (Lipinski definition) is 1. The molecule has 1 fully saturated rings. The fourth-order valence-corrected chi connectivity index (χ4v) is 2.25. The third-order valence-electron chi connectivity index (χ3n) is 3.47. The molecule has 5 heteroatoms. The summed E-state index contributed by atoms with van der Waals surface area (Å²) in [4.78, 5) is 22.0. The van der Waals surface area contributed by atoms with Crippen molar-refractivity contribution < 1.29 is 24.4 Å². The molecular formula is C17H16O5. The van der Waals surface area contributed by atoms with Gasteiger partial charge in [-0.2, -0.15) is 4.89 Å². The first kappa shape index (κ1) is 14.7. The van der Waals surface area contributed by atoms with Crippen molar-refractivity contribution in [1.82, 2.24) is 0 Å². The molecule has 2 aromatic rings. The van der Waals surface area contributed by atoms with Crippen LogP contribution in [-0.2, 0) is 25.9 Å². The van der Waals surface area contributed by atoms with E-state index in [1.54, 1.807) is 0 Å². The van der Waals surface area contributed by atoms with Crippen LogP contribution in [-0.4, -0.2) is 16.9 Å². The second kappa shape index (κ2) is 6.27. The summed E-state index contributed by atoms with van der Waals surface area (Å²) in [5, 5.41) is 10.2. The lowest BCUT2D eigenvalue weighted by molar-refractivity contribution is -0.370. The van der Waals surface area contributed by atoms with Gasteiger partial charge in [0.25, 0.3) is 0 Å². The van der Waals surface area contributed by atoms with Crippen molar-refractivity contribution in [2.75, 3.05) is 0 Å². The first-order valence-corrected chi connectivity index (χ1v) is 7.00. The number of hydrogen-bond acceptors (Lipinski definition) is 5. The predicted molar refractivity (Wildman–Crippen MR) is 77.2 cm³/mol. The Kier molecular flexibility index (Phi) is 4.20. The standard InChI is InChI=1S/C17H16O5/c18-16(20-12-13-7-3-1-4-8-13)17(19)11-15(21-22-17)14-9-5-2-6-10-14/h1-10,15,19H,11-12H2/t15-,17?/m0/s1. The van der Waals surface area contributed by atoms with Gasteiger partial charge in [-0.05, 0) is 11.1 Å². The molecule has 1 aliphatic rings. The lowest BCUT2D eigenvalue weighted by Gasteiger charge is -2.16. The van der Waals surface area contributed by atoms with Gasteiger partial charge in [-0.15, -0.1) is 0 Å². The van der Waals surface area contributed by atoms with E-state index in [0.717, 1.165) is 11.1 Å². The third-order valence-corrected chi connectivity index (χ3v) is 3.47. The molecule has 0 radical (unpaired) electrons. The zero-order valence-electron chi connectivity index (χ0n) is 11.8. The molecule has 114 valence electrons. The predicted octanol–water partition coefficient (Wildman–Crippen LogP) is 2.51. The lowest BCUT2D eigenvalue weighted by Crippen LogP contribution is -2.39. The number of rotatable bonds is 4. The van der Waals surface area contributed by atoms with Gasteiger partial charge in [0.15, 0.2) is 0 Å². The molecule has 0 aliphatic carbocycles. The van der Waals surface area contributed by atoms with Crippen molar-refractivity contribution in [3.63, 3.8) is 0 Å². The van der Waals surface area contributed by atoms with Gasteiger partial charge in [0.1, 0.15) is 12.7 Å². The fourth-order valence-electron chi connectivity index (χ4n) is 2.25. The van der Waals surface area contributed by atoms with Crippen molar-refractivity contribution in [3.05, 3.63) is 71.8 Å². The van der Waals surface area contributed by atoms with Gasteiger partial charge in [-0.3, -0.25) is 0 Å². The molecular weight excluding hydrogens is 284 g/mol. The molecule has 1 heterocycles. The summed E-state index contributed by atoms with van der Waals surface area (Å²) in [6, 6.07) is 18.5. The van der Waals surface area contributed by atoms with E-state index >= 15 is 0 Å². The Labute approximate surface area is 128 Å². The summed E-state index contributed by atoms with van der Waals surface area (Å²) < 4.78 is 5.11. The van der Waals surface area contributed by atoms with E-state index in [4.69, 9.17) is 14.5 Å². The maximum atomic E-state index is 12.0. The van der Waals surface area contributed by atoms with E-state index in [9.17, 15) is 9.90 Å². The molecule has 0 spiro atoms. The van der Waals surface area contributed by atoms with E-state index in [-0.39, 0.29) is 13.0 Å². The SMILES string of the molecule is O=C(OCc1ccccc1)C1(O)C[C@@H](c2ccccc2)OO1. The van der Waals surface area contributed by atoms with Crippen LogP contribution in [0.15, 0.2) is 60.7 Å². The molecule has 0 saturated carbocycles. The molecule has 5 nitrogen and oxygen atoms in total. The average Bonchev–Trinajstić information content (AvgIpc) is 2.98. The van der Waals surface area contributed by atoms with Gasteiger partial charge in [0.2, 0.25) is 0 Å². The molecule has 0 aromatic heterocycles. The number of carbonyl (C=O) groups excluding carboxylic acids is 1. The molecule has 1 unspecified atom stereocenters. The van der Waals surface area contributed by atoms with Crippen LogP contribution in [0.4, 0.5) is 0 Å². The van der Waals surface area contributed by atoms with E-state index in [2.05, 4.69) is 0 Å². The minimum absolute atomic E-state index is 0.00929. The first-order chi connectivity index (χ1) is 10.7. The summed E-state index contributed by atoms with van der Waals surface area (Å²) in [7, 11) is 0. The molecule has 0 bridgehead atoms. The average molecular weight is 300 g/mol. The smallest absolute Gasteiger partial charge is 0.370 e. The van der Waals surface area contributed by atoms with Crippen LogP contribution in [0.25, 0.3) is 0 Å². The van der Waals surface area contributed by atoms with Gasteiger partial charge in [0.05, 0.1) is 0 Å². The number of aliphatic hydroxyl groups is 1. The molecule has 3 rings (SSSR count). The highest BCUT2D eigenvalue weighted by Gasteiger charge is 2.49. The van der Waals surface area contributed by atoms with Gasteiger partial charge >= 0.3 is 11.8 Å². The Morgan fingerprint density at radius 1 is 1.14 bits per heavy atom. The quantitative estimate of drug-likeness (QED) is 0.694. The van der Waals surface area contributed by atoms with Crippen LogP contribution < -0.4 is 0 Å².